The Bertz CT molecular complexity index is 1120. The van der Waals surface area contributed by atoms with Gasteiger partial charge in [0, 0.05) is 30.4 Å². The SMILES string of the molecule is c1cnc2cc(-c3cn(-c4ccc5nccnc5c4)nn3)ccc2n1. The lowest BCUT2D eigenvalue weighted by molar-refractivity contribution is 0.804. The highest BCUT2D eigenvalue weighted by Gasteiger charge is 2.08. The molecular weight excluding hydrogens is 314 g/mol. The van der Waals surface area contributed by atoms with Crippen molar-refractivity contribution in [3.05, 3.63) is 67.4 Å². The van der Waals surface area contributed by atoms with Crippen molar-refractivity contribution < 1.29 is 0 Å². The first kappa shape index (κ1) is 13.7. The third-order valence-electron chi connectivity index (χ3n) is 3.98. The van der Waals surface area contributed by atoms with E-state index in [1.54, 1.807) is 29.5 Å². The van der Waals surface area contributed by atoms with Crippen LogP contribution in [-0.2, 0) is 0 Å². The van der Waals surface area contributed by atoms with Crippen LogP contribution in [0.4, 0.5) is 0 Å². The second-order valence-corrected chi connectivity index (χ2v) is 5.54. The van der Waals surface area contributed by atoms with Crippen molar-refractivity contribution in [3.8, 4) is 16.9 Å². The van der Waals surface area contributed by atoms with Gasteiger partial charge in [0.25, 0.3) is 0 Å². The van der Waals surface area contributed by atoms with Gasteiger partial charge >= 0.3 is 0 Å². The molecule has 3 aromatic heterocycles. The molecule has 0 unspecified atom stereocenters. The molecule has 7 nitrogen and oxygen atoms in total. The van der Waals surface area contributed by atoms with Gasteiger partial charge in [0.15, 0.2) is 0 Å². The van der Waals surface area contributed by atoms with Crippen molar-refractivity contribution in [3.63, 3.8) is 0 Å². The minimum atomic E-state index is 0.770. The molecule has 0 N–H and O–H groups in total. The molecule has 5 rings (SSSR count). The number of hydrogen-bond acceptors (Lipinski definition) is 6. The summed E-state index contributed by atoms with van der Waals surface area (Å²) in [5.74, 6) is 0. The van der Waals surface area contributed by atoms with Crippen molar-refractivity contribution in [2.24, 2.45) is 0 Å². The maximum atomic E-state index is 4.33. The molecule has 0 radical (unpaired) electrons. The Hall–Kier alpha value is -3.74. The Morgan fingerprint density at radius 3 is 2.04 bits per heavy atom. The molecular formula is C18H11N7. The van der Waals surface area contributed by atoms with Gasteiger partial charge in [-0.05, 0) is 30.3 Å². The number of fused-ring (bicyclic) bond motifs is 2. The average molecular weight is 325 g/mol. The summed E-state index contributed by atoms with van der Waals surface area (Å²) in [5, 5.41) is 8.51. The van der Waals surface area contributed by atoms with Gasteiger partial charge in [0.1, 0.15) is 5.69 Å². The zero-order valence-electron chi connectivity index (χ0n) is 13.0. The van der Waals surface area contributed by atoms with Crippen LogP contribution >= 0.6 is 0 Å². The molecule has 0 bridgehead atoms. The van der Waals surface area contributed by atoms with E-state index in [0.717, 1.165) is 39.0 Å². The fourth-order valence-corrected chi connectivity index (χ4v) is 2.74. The van der Waals surface area contributed by atoms with E-state index in [2.05, 4.69) is 30.2 Å². The van der Waals surface area contributed by atoms with Crippen LogP contribution in [0.1, 0.15) is 0 Å². The lowest BCUT2D eigenvalue weighted by Gasteiger charge is -2.01. The minimum Gasteiger partial charge on any atom is -0.253 e. The Kier molecular flexibility index (Phi) is 2.96. The minimum absolute atomic E-state index is 0.770. The van der Waals surface area contributed by atoms with Gasteiger partial charge in [-0.1, -0.05) is 11.3 Å². The smallest absolute Gasteiger partial charge is 0.113 e. The van der Waals surface area contributed by atoms with Crippen molar-refractivity contribution >= 4 is 22.1 Å². The van der Waals surface area contributed by atoms with Gasteiger partial charge in [-0.2, -0.15) is 0 Å². The van der Waals surface area contributed by atoms with Gasteiger partial charge in [-0.3, -0.25) is 19.9 Å². The molecule has 0 atom stereocenters. The summed E-state index contributed by atoms with van der Waals surface area (Å²) in [5.41, 5.74) is 5.94. The van der Waals surface area contributed by atoms with E-state index in [4.69, 9.17) is 0 Å². The van der Waals surface area contributed by atoms with Gasteiger partial charge in [0.05, 0.1) is 34.0 Å². The summed E-state index contributed by atoms with van der Waals surface area (Å²) in [7, 11) is 0. The van der Waals surface area contributed by atoms with Crippen LogP contribution in [-0.4, -0.2) is 34.9 Å². The highest BCUT2D eigenvalue weighted by molar-refractivity contribution is 5.80. The molecule has 5 aromatic rings. The van der Waals surface area contributed by atoms with E-state index in [1.165, 1.54) is 0 Å². The van der Waals surface area contributed by atoms with E-state index >= 15 is 0 Å². The van der Waals surface area contributed by atoms with Crippen LogP contribution in [0.2, 0.25) is 0 Å². The van der Waals surface area contributed by atoms with Gasteiger partial charge in [0.2, 0.25) is 0 Å². The Morgan fingerprint density at radius 2 is 1.28 bits per heavy atom. The first-order chi connectivity index (χ1) is 12.4. The summed E-state index contributed by atoms with van der Waals surface area (Å²) in [6, 6.07) is 11.7. The number of rotatable bonds is 2. The zero-order chi connectivity index (χ0) is 16.6. The zero-order valence-corrected chi connectivity index (χ0v) is 13.0. The average Bonchev–Trinajstić information content (AvgIpc) is 3.17. The maximum absolute atomic E-state index is 4.33. The highest BCUT2D eigenvalue weighted by Crippen LogP contribution is 2.22. The van der Waals surface area contributed by atoms with Gasteiger partial charge in [-0.25, -0.2) is 4.68 Å². The Labute approximate surface area is 142 Å². The summed E-state index contributed by atoms with van der Waals surface area (Å²) in [4.78, 5) is 17.2. The molecule has 0 aliphatic heterocycles. The number of benzene rings is 2. The third-order valence-corrected chi connectivity index (χ3v) is 3.98. The first-order valence-electron chi connectivity index (χ1n) is 7.71. The predicted octanol–water partition coefficient (Wildman–Crippen LogP) is 2.82. The molecule has 3 heterocycles. The second-order valence-electron chi connectivity index (χ2n) is 5.54. The van der Waals surface area contributed by atoms with Gasteiger partial charge in [-0.15, -0.1) is 5.10 Å². The van der Waals surface area contributed by atoms with E-state index in [0.29, 0.717) is 0 Å². The topological polar surface area (TPSA) is 82.3 Å². The Balaban J connectivity index is 1.57. The predicted molar refractivity (Wildman–Crippen MR) is 93.0 cm³/mol. The highest BCUT2D eigenvalue weighted by atomic mass is 15.4. The number of aromatic nitrogens is 7. The monoisotopic (exact) mass is 325 g/mol. The van der Waals surface area contributed by atoms with E-state index in [9.17, 15) is 0 Å². The molecule has 0 aliphatic carbocycles. The van der Waals surface area contributed by atoms with E-state index in [-0.39, 0.29) is 0 Å². The molecule has 0 aliphatic rings. The van der Waals surface area contributed by atoms with Crippen LogP contribution in [0.5, 0.6) is 0 Å². The molecule has 0 amide bonds. The normalized spacial score (nSPS) is 11.2. The molecule has 0 spiro atoms. The second kappa shape index (κ2) is 5.41. The fourth-order valence-electron chi connectivity index (χ4n) is 2.74. The van der Waals surface area contributed by atoms with Crippen molar-refractivity contribution in [2.45, 2.75) is 0 Å². The first-order valence-corrected chi connectivity index (χ1v) is 7.71. The molecule has 25 heavy (non-hydrogen) atoms. The lowest BCUT2D eigenvalue weighted by atomic mass is 10.1. The van der Waals surface area contributed by atoms with Crippen LogP contribution in [0, 0.1) is 0 Å². The standard InChI is InChI=1S/C18H11N7/c1-3-14-16(21-7-5-19-14)9-12(1)18-11-25(24-23-18)13-2-4-15-17(10-13)22-8-6-20-15/h1-11H. The van der Waals surface area contributed by atoms with E-state index < -0.39 is 0 Å². The van der Waals surface area contributed by atoms with Crippen molar-refractivity contribution in [1.29, 1.82) is 0 Å². The van der Waals surface area contributed by atoms with Crippen molar-refractivity contribution in [2.75, 3.05) is 0 Å². The molecule has 118 valence electrons. The Morgan fingerprint density at radius 1 is 0.640 bits per heavy atom. The summed E-state index contributed by atoms with van der Waals surface area (Å²) in [6.45, 7) is 0. The number of nitrogens with zero attached hydrogens (tertiary/aromatic N) is 7. The summed E-state index contributed by atoms with van der Waals surface area (Å²) in [6.07, 6.45) is 8.60. The van der Waals surface area contributed by atoms with Crippen LogP contribution < -0.4 is 0 Å². The van der Waals surface area contributed by atoms with Crippen molar-refractivity contribution in [1.82, 2.24) is 34.9 Å². The molecule has 0 saturated carbocycles. The van der Waals surface area contributed by atoms with Crippen LogP contribution in [0.3, 0.4) is 0 Å². The summed E-state index contributed by atoms with van der Waals surface area (Å²) < 4.78 is 1.73. The number of hydrogen-bond donors (Lipinski definition) is 0. The van der Waals surface area contributed by atoms with Crippen LogP contribution in [0.15, 0.2) is 67.4 Å². The van der Waals surface area contributed by atoms with E-state index in [1.807, 2.05) is 42.6 Å². The molecule has 2 aromatic carbocycles. The molecule has 7 heteroatoms. The largest absolute Gasteiger partial charge is 0.253 e. The fraction of sp³-hybridized carbons (Fsp3) is 0. The summed E-state index contributed by atoms with van der Waals surface area (Å²) >= 11 is 0. The maximum Gasteiger partial charge on any atom is 0.113 e. The molecule has 0 fully saturated rings. The lowest BCUT2D eigenvalue weighted by Crippen LogP contribution is -1.95. The van der Waals surface area contributed by atoms with Crippen LogP contribution in [0.25, 0.3) is 39.0 Å². The third kappa shape index (κ3) is 2.38. The van der Waals surface area contributed by atoms with Gasteiger partial charge < -0.3 is 0 Å². The quantitative estimate of drug-likeness (QED) is 0.496. The molecule has 0 saturated heterocycles.